The van der Waals surface area contributed by atoms with E-state index in [2.05, 4.69) is 4.74 Å². The third-order valence-electron chi connectivity index (χ3n) is 1.82. The lowest BCUT2D eigenvalue weighted by Gasteiger charge is -2.13. The monoisotopic (exact) mass is 198 g/mol. The van der Waals surface area contributed by atoms with Gasteiger partial charge in [-0.2, -0.15) is 0 Å². The normalized spacial score (nSPS) is 15.4. The second-order valence-corrected chi connectivity index (χ2v) is 2.96. The van der Waals surface area contributed by atoms with Crippen LogP contribution in [-0.2, 0) is 19.1 Å². The summed E-state index contributed by atoms with van der Waals surface area (Å²) < 4.78 is 9.78. The lowest BCUT2D eigenvalue weighted by Crippen LogP contribution is -2.16. The topological polar surface area (TPSA) is 52.6 Å². The lowest BCUT2D eigenvalue weighted by atomic mass is 10.1. The number of carbonyl (C=O) groups is 2. The molecule has 0 saturated heterocycles. The van der Waals surface area contributed by atoms with Gasteiger partial charge in [0.15, 0.2) is 5.76 Å². The van der Waals surface area contributed by atoms with Crippen molar-refractivity contribution in [2.45, 2.75) is 26.2 Å². The molecule has 0 bridgehead atoms. The van der Waals surface area contributed by atoms with E-state index in [0.29, 0.717) is 19.0 Å². The van der Waals surface area contributed by atoms with Crippen LogP contribution >= 0.6 is 0 Å². The Hall–Kier alpha value is -1.32. The average molecular weight is 198 g/mol. The van der Waals surface area contributed by atoms with E-state index in [-0.39, 0.29) is 12.2 Å². The van der Waals surface area contributed by atoms with Crippen LogP contribution in [-0.4, -0.2) is 25.0 Å². The first-order valence-corrected chi connectivity index (χ1v) is 4.75. The average Bonchev–Trinajstić information content (AvgIpc) is 2.19. The maximum Gasteiger partial charge on any atom is 0.313 e. The summed E-state index contributed by atoms with van der Waals surface area (Å²) in [6.07, 6.45) is 3.27. The zero-order chi connectivity index (χ0) is 10.4. The van der Waals surface area contributed by atoms with Crippen molar-refractivity contribution >= 4 is 11.8 Å². The second kappa shape index (κ2) is 5.42. The van der Waals surface area contributed by atoms with E-state index in [9.17, 15) is 9.59 Å². The molecule has 0 unspecified atom stereocenters. The highest BCUT2D eigenvalue weighted by Gasteiger charge is 2.17. The van der Waals surface area contributed by atoms with Gasteiger partial charge in [-0.05, 0) is 25.8 Å². The van der Waals surface area contributed by atoms with Gasteiger partial charge in [-0.15, -0.1) is 0 Å². The van der Waals surface area contributed by atoms with Gasteiger partial charge in [0.1, 0.15) is 6.42 Å². The molecule has 0 aromatic carbocycles. The molecule has 0 aromatic heterocycles. The molecule has 0 atom stereocenters. The van der Waals surface area contributed by atoms with Crippen molar-refractivity contribution in [2.24, 2.45) is 0 Å². The first-order valence-electron chi connectivity index (χ1n) is 4.75. The lowest BCUT2D eigenvalue weighted by molar-refractivity contribution is -0.145. The molecule has 0 spiro atoms. The Morgan fingerprint density at radius 2 is 2.36 bits per heavy atom. The Kier molecular flexibility index (Phi) is 4.16. The molecule has 1 heterocycles. The molecule has 14 heavy (non-hydrogen) atoms. The highest BCUT2D eigenvalue weighted by Crippen LogP contribution is 2.12. The summed E-state index contributed by atoms with van der Waals surface area (Å²) in [6.45, 7) is 2.56. The van der Waals surface area contributed by atoms with Crippen molar-refractivity contribution in [3.8, 4) is 0 Å². The molecule has 0 aliphatic carbocycles. The third-order valence-corrected chi connectivity index (χ3v) is 1.82. The number of allylic oxidation sites excluding steroid dienone is 2. The molecule has 0 fully saturated rings. The van der Waals surface area contributed by atoms with Crippen molar-refractivity contribution in [1.82, 2.24) is 0 Å². The molecular weight excluding hydrogens is 184 g/mol. The molecule has 0 saturated carbocycles. The molecule has 4 nitrogen and oxygen atoms in total. The van der Waals surface area contributed by atoms with Crippen LogP contribution in [0.15, 0.2) is 11.8 Å². The highest BCUT2D eigenvalue weighted by atomic mass is 16.5. The number of ketones is 1. The third kappa shape index (κ3) is 3.20. The fourth-order valence-corrected chi connectivity index (χ4v) is 1.18. The Bertz CT molecular complexity index is 255. The molecule has 1 rings (SSSR count). The number of ether oxygens (including phenoxy) is 2. The van der Waals surface area contributed by atoms with Crippen LogP contribution in [0.25, 0.3) is 0 Å². The fraction of sp³-hybridized carbons (Fsp3) is 0.600. The predicted molar refractivity (Wildman–Crippen MR) is 49.5 cm³/mol. The summed E-state index contributed by atoms with van der Waals surface area (Å²) in [7, 11) is 0. The van der Waals surface area contributed by atoms with E-state index in [1.54, 1.807) is 13.0 Å². The number of hydrogen-bond acceptors (Lipinski definition) is 4. The van der Waals surface area contributed by atoms with E-state index in [0.717, 1.165) is 12.8 Å². The number of hydrogen-bond donors (Lipinski definition) is 0. The summed E-state index contributed by atoms with van der Waals surface area (Å²) in [5.74, 6) is -0.472. The summed E-state index contributed by atoms with van der Waals surface area (Å²) >= 11 is 0. The van der Waals surface area contributed by atoms with E-state index < -0.39 is 5.97 Å². The first kappa shape index (κ1) is 10.8. The standard InChI is InChI=1S/C10H14O4/c1-2-13-10(12)7-8(11)9-5-3-4-6-14-9/h5H,2-4,6-7H2,1H3. The molecule has 0 amide bonds. The van der Waals surface area contributed by atoms with Gasteiger partial charge in [0.2, 0.25) is 5.78 Å². The minimum absolute atomic E-state index is 0.223. The van der Waals surface area contributed by atoms with Crippen LogP contribution < -0.4 is 0 Å². The molecule has 0 radical (unpaired) electrons. The highest BCUT2D eigenvalue weighted by molar-refractivity contribution is 6.04. The van der Waals surface area contributed by atoms with E-state index in [1.807, 2.05) is 0 Å². The van der Waals surface area contributed by atoms with Crippen molar-refractivity contribution < 1.29 is 19.1 Å². The SMILES string of the molecule is CCOC(=O)CC(=O)C1=CCCCO1. The molecular formula is C10H14O4. The molecule has 0 aromatic rings. The second-order valence-electron chi connectivity index (χ2n) is 2.96. The Labute approximate surface area is 82.9 Å². The van der Waals surface area contributed by atoms with E-state index in [4.69, 9.17) is 4.74 Å². The number of esters is 1. The predicted octanol–water partition coefficient (Wildman–Crippen LogP) is 1.20. The van der Waals surface area contributed by atoms with Crippen molar-refractivity contribution in [3.63, 3.8) is 0 Å². The Morgan fingerprint density at radius 1 is 1.57 bits per heavy atom. The van der Waals surface area contributed by atoms with E-state index >= 15 is 0 Å². The zero-order valence-electron chi connectivity index (χ0n) is 8.25. The summed E-state index contributed by atoms with van der Waals surface area (Å²) in [4.78, 5) is 22.4. The summed E-state index contributed by atoms with van der Waals surface area (Å²) in [5, 5.41) is 0. The van der Waals surface area contributed by atoms with Gasteiger partial charge in [0.05, 0.1) is 13.2 Å². The number of Topliss-reactive ketones (excluding diaryl/α,β-unsaturated/α-hetero) is 1. The van der Waals surface area contributed by atoms with Gasteiger partial charge in [0.25, 0.3) is 0 Å². The van der Waals surface area contributed by atoms with E-state index in [1.165, 1.54) is 0 Å². The van der Waals surface area contributed by atoms with Crippen LogP contribution in [0.2, 0.25) is 0 Å². The van der Waals surface area contributed by atoms with Gasteiger partial charge in [-0.3, -0.25) is 9.59 Å². The van der Waals surface area contributed by atoms with Gasteiger partial charge in [-0.25, -0.2) is 0 Å². The molecule has 0 N–H and O–H groups in total. The van der Waals surface area contributed by atoms with Gasteiger partial charge >= 0.3 is 5.97 Å². The van der Waals surface area contributed by atoms with Crippen molar-refractivity contribution in [1.29, 1.82) is 0 Å². The number of carbonyl (C=O) groups excluding carboxylic acids is 2. The van der Waals surface area contributed by atoms with Crippen LogP contribution in [0.3, 0.4) is 0 Å². The Morgan fingerprint density at radius 3 is 2.93 bits per heavy atom. The van der Waals surface area contributed by atoms with Crippen LogP contribution in [0, 0.1) is 0 Å². The first-order chi connectivity index (χ1) is 6.74. The van der Waals surface area contributed by atoms with Gasteiger partial charge < -0.3 is 9.47 Å². The summed E-state index contributed by atoms with van der Waals surface area (Å²) in [5.41, 5.74) is 0. The molecule has 4 heteroatoms. The van der Waals surface area contributed by atoms with Gasteiger partial charge in [-0.1, -0.05) is 0 Å². The molecule has 78 valence electrons. The van der Waals surface area contributed by atoms with Crippen LogP contribution in [0.4, 0.5) is 0 Å². The van der Waals surface area contributed by atoms with Crippen LogP contribution in [0.5, 0.6) is 0 Å². The maximum atomic E-state index is 11.4. The van der Waals surface area contributed by atoms with Crippen molar-refractivity contribution in [2.75, 3.05) is 13.2 Å². The maximum absolute atomic E-state index is 11.4. The smallest absolute Gasteiger partial charge is 0.313 e. The fourth-order valence-electron chi connectivity index (χ4n) is 1.18. The summed E-state index contributed by atoms with van der Waals surface area (Å²) in [6, 6.07) is 0. The number of rotatable bonds is 4. The molecule has 1 aliphatic heterocycles. The van der Waals surface area contributed by atoms with Gasteiger partial charge in [0, 0.05) is 0 Å². The van der Waals surface area contributed by atoms with Crippen LogP contribution in [0.1, 0.15) is 26.2 Å². The minimum Gasteiger partial charge on any atom is -0.490 e. The largest absolute Gasteiger partial charge is 0.490 e. The van der Waals surface area contributed by atoms with Crippen molar-refractivity contribution in [3.05, 3.63) is 11.8 Å². The quantitative estimate of drug-likeness (QED) is 0.503. The zero-order valence-corrected chi connectivity index (χ0v) is 8.25. The Balaban J connectivity index is 2.41. The minimum atomic E-state index is -0.493. The molecule has 1 aliphatic rings.